The fourth-order valence-corrected chi connectivity index (χ4v) is 2.29. The number of carbonyl (C=O) groups is 1. The van der Waals surface area contributed by atoms with Crippen molar-refractivity contribution in [2.24, 2.45) is 13.0 Å². The summed E-state index contributed by atoms with van der Waals surface area (Å²) in [5.41, 5.74) is 0.128. The van der Waals surface area contributed by atoms with Gasteiger partial charge in [0.1, 0.15) is 5.82 Å². The Balaban J connectivity index is 2.34. The molecular formula is C14H15F3N2O2. The van der Waals surface area contributed by atoms with E-state index in [9.17, 15) is 18.0 Å². The van der Waals surface area contributed by atoms with Gasteiger partial charge in [0, 0.05) is 19.9 Å². The van der Waals surface area contributed by atoms with Gasteiger partial charge in [-0.15, -0.1) is 0 Å². The average molecular weight is 300 g/mol. The van der Waals surface area contributed by atoms with Crippen LogP contribution in [-0.2, 0) is 24.4 Å². The van der Waals surface area contributed by atoms with E-state index in [-0.39, 0.29) is 17.9 Å². The SMILES string of the molecule is CC(CC(=O)O)Cc1nc2cc(C(F)(F)F)ccc2n1C. The number of carboxylic acids is 1. The largest absolute Gasteiger partial charge is 0.481 e. The predicted molar refractivity (Wildman–Crippen MR) is 70.8 cm³/mol. The highest BCUT2D eigenvalue weighted by Gasteiger charge is 2.31. The molecule has 0 spiro atoms. The molecule has 1 unspecified atom stereocenters. The van der Waals surface area contributed by atoms with Crippen LogP contribution in [0, 0.1) is 5.92 Å². The van der Waals surface area contributed by atoms with Crippen LogP contribution in [0.2, 0.25) is 0 Å². The number of benzene rings is 1. The van der Waals surface area contributed by atoms with Gasteiger partial charge in [0.25, 0.3) is 0 Å². The highest BCUT2D eigenvalue weighted by atomic mass is 19.4. The molecule has 1 atom stereocenters. The summed E-state index contributed by atoms with van der Waals surface area (Å²) in [4.78, 5) is 14.9. The molecule has 21 heavy (non-hydrogen) atoms. The number of imidazole rings is 1. The summed E-state index contributed by atoms with van der Waals surface area (Å²) in [6, 6.07) is 3.42. The third kappa shape index (κ3) is 3.34. The first kappa shape index (κ1) is 15.3. The fraction of sp³-hybridized carbons (Fsp3) is 0.429. The van der Waals surface area contributed by atoms with E-state index in [1.54, 1.807) is 18.5 Å². The molecule has 0 aliphatic rings. The minimum atomic E-state index is -4.40. The second-order valence-electron chi connectivity index (χ2n) is 5.20. The number of hydrogen-bond acceptors (Lipinski definition) is 2. The molecule has 114 valence electrons. The fourth-order valence-electron chi connectivity index (χ4n) is 2.29. The van der Waals surface area contributed by atoms with Crippen LogP contribution < -0.4 is 0 Å². The van der Waals surface area contributed by atoms with Crippen molar-refractivity contribution in [2.45, 2.75) is 25.9 Å². The van der Waals surface area contributed by atoms with E-state index in [4.69, 9.17) is 5.11 Å². The van der Waals surface area contributed by atoms with E-state index in [2.05, 4.69) is 4.98 Å². The van der Waals surface area contributed by atoms with Gasteiger partial charge in [-0.3, -0.25) is 4.79 Å². The van der Waals surface area contributed by atoms with Crippen LogP contribution in [0.25, 0.3) is 11.0 Å². The van der Waals surface area contributed by atoms with Gasteiger partial charge < -0.3 is 9.67 Å². The van der Waals surface area contributed by atoms with Crippen molar-refractivity contribution in [3.8, 4) is 0 Å². The van der Waals surface area contributed by atoms with Crippen LogP contribution in [0.3, 0.4) is 0 Å². The molecule has 0 saturated carbocycles. The van der Waals surface area contributed by atoms with Crippen LogP contribution in [0.4, 0.5) is 13.2 Å². The Morgan fingerprint density at radius 3 is 2.67 bits per heavy atom. The molecule has 0 saturated heterocycles. The van der Waals surface area contributed by atoms with E-state index in [0.29, 0.717) is 17.8 Å². The minimum absolute atomic E-state index is 0.00297. The average Bonchev–Trinajstić information content (AvgIpc) is 2.63. The summed E-state index contributed by atoms with van der Waals surface area (Å²) in [5.74, 6) is -0.459. The van der Waals surface area contributed by atoms with Gasteiger partial charge >= 0.3 is 12.1 Å². The maximum Gasteiger partial charge on any atom is 0.416 e. The molecular weight excluding hydrogens is 285 g/mol. The monoisotopic (exact) mass is 300 g/mol. The van der Waals surface area contributed by atoms with Gasteiger partial charge in [-0.2, -0.15) is 13.2 Å². The highest BCUT2D eigenvalue weighted by Crippen LogP contribution is 2.31. The Labute approximate surface area is 119 Å². The zero-order valence-electron chi connectivity index (χ0n) is 11.6. The standard InChI is InChI=1S/C14H15F3N2O2/c1-8(6-13(20)21)5-12-18-10-7-9(14(15,16)17)3-4-11(10)19(12)2/h3-4,7-8H,5-6H2,1-2H3,(H,20,21). The number of rotatable bonds is 4. The normalized spacial score (nSPS) is 13.6. The van der Waals surface area contributed by atoms with E-state index in [0.717, 1.165) is 12.1 Å². The van der Waals surface area contributed by atoms with Crippen molar-refractivity contribution >= 4 is 17.0 Å². The van der Waals surface area contributed by atoms with E-state index < -0.39 is 17.7 Å². The quantitative estimate of drug-likeness (QED) is 0.943. The number of nitrogens with zero attached hydrogens (tertiary/aromatic N) is 2. The lowest BCUT2D eigenvalue weighted by Crippen LogP contribution is -2.10. The van der Waals surface area contributed by atoms with Crippen molar-refractivity contribution in [1.82, 2.24) is 9.55 Å². The first-order chi connectivity index (χ1) is 9.68. The summed E-state index contributed by atoms with van der Waals surface area (Å²) in [7, 11) is 1.71. The highest BCUT2D eigenvalue weighted by molar-refractivity contribution is 5.77. The molecule has 0 radical (unpaired) electrons. The Hall–Kier alpha value is -2.05. The zero-order valence-corrected chi connectivity index (χ0v) is 11.6. The number of aliphatic carboxylic acids is 1. The van der Waals surface area contributed by atoms with E-state index in [1.165, 1.54) is 6.07 Å². The summed E-state index contributed by atoms with van der Waals surface area (Å²) in [6.07, 6.45) is -4.00. The molecule has 0 aliphatic heterocycles. The number of hydrogen-bond donors (Lipinski definition) is 1. The number of carboxylic acid groups (broad SMARTS) is 1. The third-order valence-electron chi connectivity index (χ3n) is 3.35. The van der Waals surface area contributed by atoms with E-state index >= 15 is 0 Å². The Morgan fingerprint density at radius 2 is 2.10 bits per heavy atom. The molecule has 2 aromatic rings. The maximum atomic E-state index is 12.7. The molecule has 1 aromatic heterocycles. The minimum Gasteiger partial charge on any atom is -0.481 e. The topological polar surface area (TPSA) is 55.1 Å². The molecule has 0 aliphatic carbocycles. The number of aromatic nitrogens is 2. The molecule has 1 heterocycles. The second kappa shape index (κ2) is 5.38. The number of fused-ring (bicyclic) bond motifs is 1. The van der Waals surface area contributed by atoms with Crippen LogP contribution in [-0.4, -0.2) is 20.6 Å². The molecule has 0 bridgehead atoms. The van der Waals surface area contributed by atoms with Crippen molar-refractivity contribution < 1.29 is 23.1 Å². The van der Waals surface area contributed by atoms with Crippen LogP contribution in [0.5, 0.6) is 0 Å². The molecule has 0 amide bonds. The van der Waals surface area contributed by atoms with Gasteiger partial charge in [0.15, 0.2) is 0 Å². The van der Waals surface area contributed by atoms with Crippen molar-refractivity contribution in [3.63, 3.8) is 0 Å². The predicted octanol–water partition coefficient (Wildman–Crippen LogP) is 3.25. The Kier molecular flexibility index (Phi) is 3.93. The molecule has 7 heteroatoms. The van der Waals surface area contributed by atoms with Gasteiger partial charge in [-0.25, -0.2) is 4.98 Å². The van der Waals surface area contributed by atoms with Crippen LogP contribution >= 0.6 is 0 Å². The van der Waals surface area contributed by atoms with Crippen molar-refractivity contribution in [3.05, 3.63) is 29.6 Å². The van der Waals surface area contributed by atoms with E-state index in [1.807, 2.05) is 0 Å². The summed E-state index contributed by atoms with van der Waals surface area (Å²) in [6.45, 7) is 1.77. The Bertz CT molecular complexity index is 677. The van der Waals surface area contributed by atoms with Crippen LogP contribution in [0.1, 0.15) is 24.7 Å². The number of alkyl halides is 3. The Morgan fingerprint density at radius 1 is 1.43 bits per heavy atom. The zero-order chi connectivity index (χ0) is 15.8. The maximum absolute atomic E-state index is 12.7. The van der Waals surface area contributed by atoms with Gasteiger partial charge in [0.05, 0.1) is 16.6 Å². The number of aryl methyl sites for hydroxylation is 1. The van der Waals surface area contributed by atoms with Gasteiger partial charge in [0.2, 0.25) is 0 Å². The molecule has 1 aromatic carbocycles. The van der Waals surface area contributed by atoms with Crippen molar-refractivity contribution in [1.29, 1.82) is 0 Å². The summed E-state index contributed by atoms with van der Waals surface area (Å²) < 4.78 is 39.7. The molecule has 4 nitrogen and oxygen atoms in total. The third-order valence-corrected chi connectivity index (χ3v) is 3.35. The molecule has 1 N–H and O–H groups in total. The first-order valence-corrected chi connectivity index (χ1v) is 6.43. The van der Waals surface area contributed by atoms with Crippen molar-refractivity contribution in [2.75, 3.05) is 0 Å². The van der Waals surface area contributed by atoms with Gasteiger partial charge in [-0.05, 0) is 24.1 Å². The summed E-state index contributed by atoms with van der Waals surface area (Å²) >= 11 is 0. The lowest BCUT2D eigenvalue weighted by molar-refractivity contribution is -0.138. The van der Waals surface area contributed by atoms with Crippen LogP contribution in [0.15, 0.2) is 18.2 Å². The lowest BCUT2D eigenvalue weighted by atomic mass is 10.0. The first-order valence-electron chi connectivity index (χ1n) is 6.43. The van der Waals surface area contributed by atoms with Gasteiger partial charge in [-0.1, -0.05) is 6.92 Å². The molecule has 2 rings (SSSR count). The smallest absolute Gasteiger partial charge is 0.416 e. The number of halogens is 3. The second-order valence-corrected chi connectivity index (χ2v) is 5.20. The lowest BCUT2D eigenvalue weighted by Gasteiger charge is -2.08. The molecule has 0 fully saturated rings. The summed E-state index contributed by atoms with van der Waals surface area (Å²) in [5, 5.41) is 8.74.